The highest BCUT2D eigenvalue weighted by Crippen LogP contribution is 2.29. The minimum Gasteiger partial charge on any atom is -0.496 e. The number of aliphatic hydroxyl groups is 2. The van der Waals surface area contributed by atoms with Gasteiger partial charge in [0, 0.05) is 18.7 Å². The molecule has 1 heterocycles. The first-order chi connectivity index (χ1) is 11.6. The number of benzene rings is 1. The summed E-state index contributed by atoms with van der Waals surface area (Å²) in [6.45, 7) is 0.143. The second-order valence-electron chi connectivity index (χ2n) is 4.94. The van der Waals surface area contributed by atoms with E-state index >= 15 is 0 Å². The Kier molecular flexibility index (Phi) is 6.05. The third-order valence-electron chi connectivity index (χ3n) is 3.37. The first-order valence-electron chi connectivity index (χ1n) is 7.39. The summed E-state index contributed by atoms with van der Waals surface area (Å²) in [5.41, 5.74) is 6.56. The molecule has 8 nitrogen and oxygen atoms in total. The van der Waals surface area contributed by atoms with Crippen LogP contribution in [0.5, 0.6) is 5.75 Å². The normalized spacial score (nSPS) is 10.5. The van der Waals surface area contributed by atoms with Gasteiger partial charge in [-0.3, -0.25) is 4.79 Å². The maximum absolute atomic E-state index is 11.6. The van der Waals surface area contributed by atoms with Gasteiger partial charge in [-0.25, -0.2) is 9.97 Å². The smallest absolute Gasteiger partial charge is 0.267 e. The molecule has 0 saturated heterocycles. The van der Waals surface area contributed by atoms with Crippen molar-refractivity contribution in [3.05, 3.63) is 36.0 Å². The minimum absolute atomic E-state index is 0.0433. The highest BCUT2D eigenvalue weighted by Gasteiger charge is 2.17. The van der Waals surface area contributed by atoms with Crippen LogP contribution in [0.4, 0.5) is 5.95 Å². The van der Waals surface area contributed by atoms with Crippen molar-refractivity contribution in [1.29, 1.82) is 0 Å². The van der Waals surface area contributed by atoms with Gasteiger partial charge in [0.2, 0.25) is 5.95 Å². The fraction of sp³-hybridized carbons (Fsp3) is 0.312. The summed E-state index contributed by atoms with van der Waals surface area (Å²) in [6, 6.07) is 8.71. The maximum atomic E-state index is 11.6. The van der Waals surface area contributed by atoms with Crippen molar-refractivity contribution in [3.63, 3.8) is 0 Å². The first kappa shape index (κ1) is 17.6. The molecule has 0 aliphatic rings. The summed E-state index contributed by atoms with van der Waals surface area (Å²) in [4.78, 5) is 21.8. The van der Waals surface area contributed by atoms with Gasteiger partial charge in [0.25, 0.3) is 5.91 Å². The van der Waals surface area contributed by atoms with Crippen LogP contribution in [-0.4, -0.2) is 59.5 Å². The Labute approximate surface area is 139 Å². The maximum Gasteiger partial charge on any atom is 0.267 e. The third-order valence-corrected chi connectivity index (χ3v) is 3.37. The predicted molar refractivity (Wildman–Crippen MR) is 88.9 cm³/mol. The number of methoxy groups -OCH3 is 1. The molecule has 0 fully saturated rings. The number of rotatable bonds is 8. The van der Waals surface area contributed by atoms with Crippen molar-refractivity contribution in [3.8, 4) is 17.0 Å². The van der Waals surface area contributed by atoms with Crippen LogP contribution < -0.4 is 15.4 Å². The molecule has 2 rings (SSSR count). The van der Waals surface area contributed by atoms with Crippen molar-refractivity contribution in [2.24, 2.45) is 5.73 Å². The lowest BCUT2D eigenvalue weighted by Crippen LogP contribution is -2.32. The van der Waals surface area contributed by atoms with Crippen molar-refractivity contribution < 1.29 is 19.7 Å². The lowest BCUT2D eigenvalue weighted by Gasteiger charge is -2.21. The average Bonchev–Trinajstić information content (AvgIpc) is 2.61. The number of aromatic nitrogens is 2. The predicted octanol–water partition coefficient (Wildman–Crippen LogP) is 0.0421. The van der Waals surface area contributed by atoms with Crippen molar-refractivity contribution in [1.82, 2.24) is 9.97 Å². The number of nitrogens with two attached hydrogens (primary N) is 1. The van der Waals surface area contributed by atoms with E-state index in [1.807, 2.05) is 12.1 Å². The highest BCUT2D eigenvalue weighted by molar-refractivity contribution is 5.92. The molecule has 0 bridgehead atoms. The number of ether oxygens (including phenoxy) is 1. The fourth-order valence-corrected chi connectivity index (χ4v) is 2.25. The van der Waals surface area contributed by atoms with E-state index in [1.165, 1.54) is 6.07 Å². The minimum atomic E-state index is -0.692. The molecule has 0 saturated carbocycles. The molecular weight excluding hydrogens is 312 g/mol. The molecule has 0 atom stereocenters. The number of amides is 1. The Bertz CT molecular complexity index is 702. The van der Waals surface area contributed by atoms with Crippen LogP contribution in [0.3, 0.4) is 0 Å². The standard InChI is InChI=1S/C16H20N4O4/c1-24-14-5-3-2-4-11(14)12-10-13(15(17)23)19-16(18-12)20(6-8-21)7-9-22/h2-5,10,21-22H,6-9H2,1H3,(H2,17,23). The van der Waals surface area contributed by atoms with E-state index in [4.69, 9.17) is 10.5 Å². The van der Waals surface area contributed by atoms with Crippen LogP contribution in [-0.2, 0) is 0 Å². The molecule has 0 spiro atoms. The number of nitrogens with zero attached hydrogens (tertiary/aromatic N) is 3. The Balaban J connectivity index is 2.57. The third kappa shape index (κ3) is 3.98. The lowest BCUT2D eigenvalue weighted by molar-refractivity contribution is 0.0995. The van der Waals surface area contributed by atoms with Crippen LogP contribution in [0, 0.1) is 0 Å². The molecule has 0 radical (unpaired) electrons. The van der Waals surface area contributed by atoms with Crippen LogP contribution in [0.25, 0.3) is 11.3 Å². The molecule has 8 heteroatoms. The van der Waals surface area contributed by atoms with E-state index in [0.29, 0.717) is 17.0 Å². The van der Waals surface area contributed by atoms with Gasteiger partial charge in [-0.05, 0) is 18.2 Å². The lowest BCUT2D eigenvalue weighted by atomic mass is 10.1. The highest BCUT2D eigenvalue weighted by atomic mass is 16.5. The quantitative estimate of drug-likeness (QED) is 0.624. The van der Waals surface area contributed by atoms with Gasteiger partial charge < -0.3 is 25.6 Å². The number of carbonyl (C=O) groups excluding carboxylic acids is 1. The van der Waals surface area contributed by atoms with Gasteiger partial charge in [0.05, 0.1) is 26.0 Å². The summed E-state index contributed by atoms with van der Waals surface area (Å²) in [5, 5.41) is 18.4. The monoisotopic (exact) mass is 332 g/mol. The summed E-state index contributed by atoms with van der Waals surface area (Å²) < 4.78 is 5.33. The largest absolute Gasteiger partial charge is 0.496 e. The number of anilines is 1. The molecule has 4 N–H and O–H groups in total. The van der Waals surface area contributed by atoms with E-state index in [0.717, 1.165) is 0 Å². The van der Waals surface area contributed by atoms with E-state index in [2.05, 4.69) is 9.97 Å². The molecule has 128 valence electrons. The number of para-hydroxylation sites is 1. The Morgan fingerprint density at radius 3 is 2.46 bits per heavy atom. The molecule has 1 aromatic heterocycles. The number of primary amides is 1. The SMILES string of the molecule is COc1ccccc1-c1cc(C(N)=O)nc(N(CCO)CCO)n1. The number of carbonyl (C=O) groups is 1. The second kappa shape index (κ2) is 8.23. The molecule has 0 unspecified atom stereocenters. The summed E-state index contributed by atoms with van der Waals surface area (Å²) in [6.07, 6.45) is 0. The van der Waals surface area contributed by atoms with Crippen molar-refractivity contribution in [2.45, 2.75) is 0 Å². The van der Waals surface area contributed by atoms with E-state index < -0.39 is 5.91 Å². The summed E-state index contributed by atoms with van der Waals surface area (Å²) in [5.74, 6) is 0.103. The van der Waals surface area contributed by atoms with E-state index in [-0.39, 0.29) is 37.9 Å². The zero-order chi connectivity index (χ0) is 17.5. The molecule has 2 aromatic rings. The molecule has 0 aliphatic heterocycles. The van der Waals surface area contributed by atoms with Gasteiger partial charge in [0.15, 0.2) is 0 Å². The molecule has 0 aliphatic carbocycles. The van der Waals surface area contributed by atoms with E-state index in [9.17, 15) is 15.0 Å². The van der Waals surface area contributed by atoms with Gasteiger partial charge in [0.1, 0.15) is 11.4 Å². The summed E-state index contributed by atoms with van der Waals surface area (Å²) >= 11 is 0. The molecule has 1 amide bonds. The van der Waals surface area contributed by atoms with E-state index in [1.54, 1.807) is 24.1 Å². The Hall–Kier alpha value is -2.71. The van der Waals surface area contributed by atoms with Crippen LogP contribution in [0.15, 0.2) is 30.3 Å². The topological polar surface area (TPSA) is 122 Å². The fourth-order valence-electron chi connectivity index (χ4n) is 2.25. The number of hydrogen-bond acceptors (Lipinski definition) is 7. The zero-order valence-electron chi connectivity index (χ0n) is 13.3. The van der Waals surface area contributed by atoms with Crippen molar-refractivity contribution >= 4 is 11.9 Å². The van der Waals surface area contributed by atoms with Crippen LogP contribution in [0.1, 0.15) is 10.5 Å². The van der Waals surface area contributed by atoms with Gasteiger partial charge in [-0.2, -0.15) is 0 Å². The molecular formula is C16H20N4O4. The van der Waals surface area contributed by atoms with Gasteiger partial charge in [-0.1, -0.05) is 12.1 Å². The zero-order valence-corrected chi connectivity index (χ0v) is 13.3. The summed E-state index contributed by atoms with van der Waals surface area (Å²) in [7, 11) is 1.54. The second-order valence-corrected chi connectivity index (χ2v) is 4.94. The molecule has 1 aromatic carbocycles. The van der Waals surface area contributed by atoms with Gasteiger partial charge in [-0.15, -0.1) is 0 Å². The van der Waals surface area contributed by atoms with Crippen LogP contribution in [0.2, 0.25) is 0 Å². The van der Waals surface area contributed by atoms with Crippen molar-refractivity contribution in [2.75, 3.05) is 38.3 Å². The van der Waals surface area contributed by atoms with Gasteiger partial charge >= 0.3 is 0 Å². The molecule has 24 heavy (non-hydrogen) atoms. The Morgan fingerprint density at radius 2 is 1.88 bits per heavy atom. The number of hydrogen-bond donors (Lipinski definition) is 3. The first-order valence-corrected chi connectivity index (χ1v) is 7.39. The Morgan fingerprint density at radius 1 is 1.21 bits per heavy atom. The average molecular weight is 332 g/mol. The van der Waals surface area contributed by atoms with Crippen LogP contribution >= 0.6 is 0 Å². The number of aliphatic hydroxyl groups excluding tert-OH is 2.